The molecule has 8 heteroatoms. The van der Waals surface area contributed by atoms with Crippen molar-refractivity contribution >= 4 is 22.7 Å². The number of ether oxygens (including phenoxy) is 1. The van der Waals surface area contributed by atoms with Crippen molar-refractivity contribution in [3.63, 3.8) is 0 Å². The first-order valence-corrected chi connectivity index (χ1v) is 6.22. The van der Waals surface area contributed by atoms with Crippen LogP contribution in [-0.2, 0) is 9.57 Å². The molecular weight excluding hydrogens is 278 g/mol. The van der Waals surface area contributed by atoms with Crippen LogP contribution in [0.25, 0.3) is 10.9 Å². The molecule has 0 bridgehead atoms. The van der Waals surface area contributed by atoms with Crippen LogP contribution >= 0.6 is 0 Å². The average Bonchev–Trinajstić information content (AvgIpc) is 2.73. The number of nitrogens with one attached hydrogen (secondary N) is 1. The molecule has 2 rings (SSSR count). The number of fused-ring (bicyclic) bond motifs is 1. The second-order valence-corrected chi connectivity index (χ2v) is 5.41. The Morgan fingerprint density at radius 2 is 2.00 bits per heavy atom. The van der Waals surface area contributed by atoms with Crippen molar-refractivity contribution in [3.8, 4) is 0 Å². The summed E-state index contributed by atoms with van der Waals surface area (Å²) in [4.78, 5) is 40.7. The molecule has 8 nitrogen and oxygen atoms in total. The van der Waals surface area contributed by atoms with E-state index in [1.54, 1.807) is 20.8 Å². The van der Waals surface area contributed by atoms with E-state index in [1.165, 1.54) is 25.3 Å². The average molecular weight is 294 g/mol. The molecule has 0 fully saturated rings. The van der Waals surface area contributed by atoms with Crippen LogP contribution in [0.3, 0.4) is 0 Å². The fraction of sp³-hybridized carbons (Fsp3) is 0.385. The number of carbonyl (C=O) groups excluding carboxylic acids is 1. The van der Waals surface area contributed by atoms with Crippen molar-refractivity contribution in [2.45, 2.75) is 26.4 Å². The first-order chi connectivity index (χ1) is 9.73. The summed E-state index contributed by atoms with van der Waals surface area (Å²) < 4.78 is 5.53. The number of hydrogen-bond acceptors (Lipinski definition) is 5. The number of aromatic amines is 1. The summed E-state index contributed by atoms with van der Waals surface area (Å²) >= 11 is 0. The quantitative estimate of drug-likeness (QED) is 0.856. The minimum Gasteiger partial charge on any atom is -0.451 e. The molecule has 0 saturated heterocycles. The van der Waals surface area contributed by atoms with E-state index in [-0.39, 0.29) is 11.1 Å². The maximum Gasteiger partial charge on any atom is 0.433 e. The van der Waals surface area contributed by atoms with Gasteiger partial charge >= 0.3 is 11.8 Å². The largest absolute Gasteiger partial charge is 0.451 e. The standard InChI is InChI=1S/C13H15N3O5/c1-13(2,3)21-16(19)8-5-6-10-9(7-8)11(17)14-15(10)12(18)20-4/h5-7H,1-4H3/p+1. The molecule has 0 saturated carbocycles. The van der Waals surface area contributed by atoms with E-state index >= 15 is 0 Å². The third-order valence-electron chi connectivity index (χ3n) is 2.60. The molecule has 1 aromatic heterocycles. The summed E-state index contributed by atoms with van der Waals surface area (Å²) in [6, 6.07) is 4.27. The molecular formula is C13H16N3O5+. The van der Waals surface area contributed by atoms with Gasteiger partial charge in [-0.2, -0.15) is 4.68 Å². The maximum absolute atomic E-state index is 11.9. The summed E-state index contributed by atoms with van der Waals surface area (Å²) in [5.41, 5.74) is -0.687. The highest BCUT2D eigenvalue weighted by molar-refractivity contribution is 5.88. The molecule has 0 atom stereocenters. The fourth-order valence-electron chi connectivity index (χ4n) is 1.77. The summed E-state index contributed by atoms with van der Waals surface area (Å²) in [5, 5.41) is 2.53. The number of rotatable bonds is 2. The van der Waals surface area contributed by atoms with Crippen molar-refractivity contribution in [1.82, 2.24) is 9.78 Å². The van der Waals surface area contributed by atoms with E-state index in [0.717, 1.165) is 4.68 Å². The van der Waals surface area contributed by atoms with Gasteiger partial charge in [-0.25, -0.2) is 9.63 Å². The Bertz CT molecular complexity index is 766. The van der Waals surface area contributed by atoms with Crippen LogP contribution in [0.5, 0.6) is 0 Å². The molecule has 21 heavy (non-hydrogen) atoms. The van der Waals surface area contributed by atoms with Gasteiger partial charge in [0.15, 0.2) is 5.60 Å². The fourth-order valence-corrected chi connectivity index (χ4v) is 1.77. The molecule has 0 amide bonds. The minimum atomic E-state index is -0.722. The number of H-pyrrole nitrogens is 1. The van der Waals surface area contributed by atoms with Crippen molar-refractivity contribution in [2.75, 3.05) is 7.11 Å². The molecule has 1 N–H and O–H groups in total. The minimum absolute atomic E-state index is 0.158. The lowest BCUT2D eigenvalue weighted by molar-refractivity contribution is -0.766. The Labute approximate surface area is 119 Å². The summed E-state index contributed by atoms with van der Waals surface area (Å²) in [7, 11) is 1.21. The monoisotopic (exact) mass is 294 g/mol. The van der Waals surface area contributed by atoms with Crippen LogP contribution in [0.2, 0.25) is 0 Å². The number of methoxy groups -OCH3 is 1. The van der Waals surface area contributed by atoms with Crippen LogP contribution in [-0.4, -0.2) is 33.5 Å². The molecule has 0 radical (unpaired) electrons. The zero-order chi connectivity index (χ0) is 15.8. The lowest BCUT2D eigenvalue weighted by atomic mass is 10.2. The highest BCUT2D eigenvalue weighted by Crippen LogP contribution is 2.21. The topological polar surface area (TPSA) is 93.4 Å². The molecule has 1 heterocycles. The van der Waals surface area contributed by atoms with E-state index in [9.17, 15) is 14.5 Å². The predicted molar refractivity (Wildman–Crippen MR) is 74.5 cm³/mol. The third-order valence-corrected chi connectivity index (χ3v) is 2.60. The van der Waals surface area contributed by atoms with Gasteiger partial charge in [0.2, 0.25) is 0 Å². The summed E-state index contributed by atoms with van der Waals surface area (Å²) in [6.07, 6.45) is -0.722. The van der Waals surface area contributed by atoms with Crippen molar-refractivity contribution in [2.24, 2.45) is 0 Å². The van der Waals surface area contributed by atoms with Crippen LogP contribution in [0, 0.1) is 4.91 Å². The van der Waals surface area contributed by atoms with Gasteiger partial charge in [0.25, 0.3) is 10.5 Å². The van der Waals surface area contributed by atoms with Gasteiger partial charge in [0.05, 0.1) is 22.9 Å². The number of aromatic nitrogens is 2. The Kier molecular flexibility index (Phi) is 3.54. The van der Waals surface area contributed by atoms with Crippen molar-refractivity contribution < 1.29 is 19.3 Å². The molecule has 0 aliphatic carbocycles. The third kappa shape index (κ3) is 2.93. The molecule has 2 aromatic rings. The number of carbonyl (C=O) groups is 1. The molecule has 112 valence electrons. The van der Waals surface area contributed by atoms with Crippen molar-refractivity contribution in [1.29, 1.82) is 0 Å². The lowest BCUT2D eigenvalue weighted by Crippen LogP contribution is -2.23. The van der Waals surface area contributed by atoms with E-state index in [2.05, 4.69) is 9.84 Å². The highest BCUT2D eigenvalue weighted by Gasteiger charge is 2.27. The van der Waals surface area contributed by atoms with Gasteiger partial charge in [-0.1, -0.05) is 0 Å². The second kappa shape index (κ2) is 5.04. The SMILES string of the molecule is COC(=O)n1[nH]c(=O)c2cc([N+](=O)OC(C)(C)C)ccc21. The molecule has 1 aromatic carbocycles. The zero-order valence-corrected chi connectivity index (χ0v) is 12.2. The second-order valence-electron chi connectivity index (χ2n) is 5.41. The van der Waals surface area contributed by atoms with E-state index in [0.29, 0.717) is 10.4 Å². The normalized spacial score (nSPS) is 11.4. The van der Waals surface area contributed by atoms with Crippen LogP contribution in [0.4, 0.5) is 10.5 Å². The first-order valence-electron chi connectivity index (χ1n) is 6.22. The number of benzene rings is 1. The van der Waals surface area contributed by atoms with E-state index < -0.39 is 17.3 Å². The Hall–Kier alpha value is -2.64. The van der Waals surface area contributed by atoms with Crippen LogP contribution in [0.1, 0.15) is 20.8 Å². The Morgan fingerprint density at radius 1 is 1.33 bits per heavy atom. The van der Waals surface area contributed by atoms with Crippen LogP contribution < -0.4 is 5.56 Å². The molecule has 0 aliphatic rings. The lowest BCUT2D eigenvalue weighted by Gasteiger charge is -2.10. The molecule has 0 unspecified atom stereocenters. The van der Waals surface area contributed by atoms with Crippen LogP contribution in [0.15, 0.2) is 23.0 Å². The Morgan fingerprint density at radius 3 is 2.57 bits per heavy atom. The van der Waals surface area contributed by atoms with Gasteiger partial charge in [-0.05, 0) is 26.8 Å². The first kappa shape index (κ1) is 14.8. The Balaban J connectivity index is 2.48. The van der Waals surface area contributed by atoms with Gasteiger partial charge in [-0.3, -0.25) is 9.89 Å². The van der Waals surface area contributed by atoms with Gasteiger partial charge < -0.3 is 4.74 Å². The summed E-state index contributed by atoms with van der Waals surface area (Å²) in [5.74, 6) is 0. The van der Waals surface area contributed by atoms with Gasteiger partial charge in [0, 0.05) is 12.1 Å². The van der Waals surface area contributed by atoms with E-state index in [4.69, 9.17) is 4.84 Å². The van der Waals surface area contributed by atoms with E-state index in [1.807, 2.05) is 0 Å². The smallest absolute Gasteiger partial charge is 0.433 e. The van der Waals surface area contributed by atoms with Gasteiger partial charge in [0.1, 0.15) is 0 Å². The van der Waals surface area contributed by atoms with Gasteiger partial charge in [-0.15, -0.1) is 0 Å². The highest BCUT2D eigenvalue weighted by atomic mass is 16.8. The maximum atomic E-state index is 11.9. The molecule has 0 spiro atoms. The number of hydrogen-bond donors (Lipinski definition) is 1. The van der Waals surface area contributed by atoms with Crippen molar-refractivity contribution in [3.05, 3.63) is 33.5 Å². The predicted octanol–water partition coefficient (Wildman–Crippen LogP) is 2.08. The molecule has 0 aliphatic heterocycles. The zero-order valence-electron chi connectivity index (χ0n) is 12.2. The number of nitrogens with zero attached hydrogens (tertiary/aromatic N) is 2. The summed E-state index contributed by atoms with van der Waals surface area (Å²) in [6.45, 7) is 5.20.